The van der Waals surface area contributed by atoms with E-state index in [0.29, 0.717) is 26.7 Å². The van der Waals surface area contributed by atoms with Gasteiger partial charge in [-0.05, 0) is 24.8 Å². The number of hydrogen-bond acceptors (Lipinski definition) is 3. The van der Waals surface area contributed by atoms with Gasteiger partial charge in [-0.2, -0.15) is 0 Å². The highest BCUT2D eigenvalue weighted by molar-refractivity contribution is 7.20. The number of nitrogens with one attached hydrogen (secondary N) is 1. The molecule has 7 heteroatoms. The molecule has 1 atom stereocenters. The molecular formula is C13H19Cl3N2OS. The first-order chi connectivity index (χ1) is 9.11. The second kappa shape index (κ2) is 8.44. The molecule has 1 aromatic heterocycles. The van der Waals surface area contributed by atoms with E-state index in [-0.39, 0.29) is 24.4 Å². The average molecular weight is 358 g/mol. The molecule has 1 aliphatic carbocycles. The first-order valence-corrected chi connectivity index (χ1v) is 8.15. The molecule has 1 fully saturated rings. The molecule has 0 saturated heterocycles. The second-order valence-corrected chi connectivity index (χ2v) is 7.24. The van der Waals surface area contributed by atoms with Crippen LogP contribution in [-0.4, -0.2) is 18.5 Å². The Hall–Kier alpha value is -0.0000000000000000555. The fraction of sp³-hybridized carbons (Fsp3) is 0.615. The lowest BCUT2D eigenvalue weighted by atomic mass is 9.84. The number of carbonyl (C=O) groups is 1. The smallest absolute Gasteiger partial charge is 0.253 e. The molecule has 114 valence electrons. The maximum absolute atomic E-state index is 12.2. The lowest BCUT2D eigenvalue weighted by molar-refractivity contribution is 0.0916. The van der Waals surface area contributed by atoms with Crippen molar-refractivity contribution in [3.05, 3.63) is 20.3 Å². The Morgan fingerprint density at radius 3 is 2.55 bits per heavy atom. The molecule has 0 aromatic carbocycles. The van der Waals surface area contributed by atoms with Crippen LogP contribution in [-0.2, 0) is 0 Å². The minimum absolute atomic E-state index is 0. The summed E-state index contributed by atoms with van der Waals surface area (Å²) in [5.74, 6) is 0.310. The van der Waals surface area contributed by atoms with E-state index in [1.54, 1.807) is 6.07 Å². The zero-order valence-corrected chi connectivity index (χ0v) is 14.2. The largest absolute Gasteiger partial charge is 0.348 e. The first-order valence-electron chi connectivity index (χ1n) is 6.57. The summed E-state index contributed by atoms with van der Waals surface area (Å²) in [5, 5.41) is 3.01. The van der Waals surface area contributed by atoms with Gasteiger partial charge < -0.3 is 11.1 Å². The van der Waals surface area contributed by atoms with Crippen molar-refractivity contribution in [3.63, 3.8) is 0 Å². The number of carbonyl (C=O) groups excluding carboxylic acids is 1. The van der Waals surface area contributed by atoms with Gasteiger partial charge in [-0.15, -0.1) is 23.7 Å². The second-order valence-electron chi connectivity index (χ2n) is 4.95. The van der Waals surface area contributed by atoms with Gasteiger partial charge in [0, 0.05) is 12.6 Å². The summed E-state index contributed by atoms with van der Waals surface area (Å²) in [7, 11) is 0. The Morgan fingerprint density at radius 1 is 1.40 bits per heavy atom. The van der Waals surface area contributed by atoms with Crippen LogP contribution in [0.15, 0.2) is 6.07 Å². The third kappa shape index (κ3) is 4.50. The molecule has 1 saturated carbocycles. The zero-order valence-electron chi connectivity index (χ0n) is 11.0. The van der Waals surface area contributed by atoms with Crippen molar-refractivity contribution in [1.29, 1.82) is 0 Å². The van der Waals surface area contributed by atoms with Crippen molar-refractivity contribution < 1.29 is 4.79 Å². The molecule has 0 radical (unpaired) electrons. The van der Waals surface area contributed by atoms with Crippen molar-refractivity contribution in [2.75, 3.05) is 6.54 Å². The van der Waals surface area contributed by atoms with E-state index in [1.165, 1.54) is 30.6 Å². The molecule has 3 nitrogen and oxygen atoms in total. The Morgan fingerprint density at radius 2 is 2.05 bits per heavy atom. The summed E-state index contributed by atoms with van der Waals surface area (Å²) < 4.78 is 0.957. The normalized spacial score (nSPS) is 17.4. The van der Waals surface area contributed by atoms with Crippen molar-refractivity contribution in [2.45, 2.75) is 38.1 Å². The molecule has 3 N–H and O–H groups in total. The molecule has 1 unspecified atom stereocenters. The molecule has 0 bridgehead atoms. The predicted octanol–water partition coefficient (Wildman–Crippen LogP) is 4.11. The highest BCUT2D eigenvalue weighted by atomic mass is 35.5. The van der Waals surface area contributed by atoms with Crippen LogP contribution in [0.25, 0.3) is 0 Å². The van der Waals surface area contributed by atoms with E-state index in [1.807, 2.05) is 0 Å². The predicted molar refractivity (Wildman–Crippen MR) is 88.5 cm³/mol. The van der Waals surface area contributed by atoms with Crippen LogP contribution in [0.2, 0.25) is 8.67 Å². The van der Waals surface area contributed by atoms with E-state index < -0.39 is 0 Å². The topological polar surface area (TPSA) is 55.1 Å². The number of thiophene rings is 1. The summed E-state index contributed by atoms with van der Waals surface area (Å²) in [4.78, 5) is 12.2. The van der Waals surface area contributed by atoms with Crippen LogP contribution in [0.4, 0.5) is 0 Å². The summed E-state index contributed by atoms with van der Waals surface area (Å²) in [5.41, 5.74) is 6.25. The maximum Gasteiger partial charge on any atom is 0.253 e. The minimum atomic E-state index is -0.172. The molecule has 1 aromatic rings. The van der Waals surface area contributed by atoms with E-state index in [9.17, 15) is 4.79 Å². The van der Waals surface area contributed by atoms with E-state index in [0.717, 1.165) is 12.8 Å². The lowest BCUT2D eigenvalue weighted by Gasteiger charge is -2.30. The van der Waals surface area contributed by atoms with Gasteiger partial charge in [-0.25, -0.2) is 0 Å². The number of rotatable bonds is 4. The molecule has 0 aliphatic heterocycles. The van der Waals surface area contributed by atoms with Crippen molar-refractivity contribution >= 4 is 52.9 Å². The third-order valence-electron chi connectivity index (χ3n) is 3.69. The van der Waals surface area contributed by atoms with Gasteiger partial charge in [0.05, 0.1) is 9.90 Å². The number of amides is 1. The quantitative estimate of drug-likeness (QED) is 0.852. The lowest BCUT2D eigenvalue weighted by Crippen LogP contribution is -2.45. The Bertz CT molecular complexity index is 447. The van der Waals surface area contributed by atoms with Crippen molar-refractivity contribution in [3.8, 4) is 0 Å². The fourth-order valence-corrected chi connectivity index (χ4v) is 4.11. The van der Waals surface area contributed by atoms with Crippen LogP contribution in [0.5, 0.6) is 0 Å². The molecular weight excluding hydrogens is 339 g/mol. The van der Waals surface area contributed by atoms with Crippen LogP contribution < -0.4 is 11.1 Å². The Labute approximate surface area is 139 Å². The van der Waals surface area contributed by atoms with Gasteiger partial charge >= 0.3 is 0 Å². The summed E-state index contributed by atoms with van der Waals surface area (Å²) in [6, 6.07) is 1.64. The van der Waals surface area contributed by atoms with Gasteiger partial charge in [0.25, 0.3) is 5.91 Å². The average Bonchev–Trinajstić information content (AvgIpc) is 2.76. The van der Waals surface area contributed by atoms with Gasteiger partial charge in [0.1, 0.15) is 4.34 Å². The Kier molecular flexibility index (Phi) is 7.62. The Balaban J connectivity index is 0.00000200. The maximum atomic E-state index is 12.2. The summed E-state index contributed by atoms with van der Waals surface area (Å²) in [6.07, 6.45) is 6.01. The van der Waals surface area contributed by atoms with Crippen LogP contribution >= 0.6 is 46.9 Å². The number of halogens is 3. The summed E-state index contributed by atoms with van der Waals surface area (Å²) >= 11 is 13.1. The zero-order chi connectivity index (χ0) is 13.8. The van der Waals surface area contributed by atoms with Crippen LogP contribution in [0, 0.1) is 5.92 Å². The van der Waals surface area contributed by atoms with Crippen molar-refractivity contribution in [2.24, 2.45) is 11.7 Å². The SMILES string of the molecule is Cl.NCC(NC(=O)c1cc(Cl)sc1Cl)C1CCCCC1. The molecule has 1 aliphatic rings. The fourth-order valence-electron chi connectivity index (χ4n) is 2.65. The van der Waals surface area contributed by atoms with Crippen LogP contribution in [0.1, 0.15) is 42.5 Å². The standard InChI is InChI=1S/C13H18Cl2N2OS.ClH/c14-11-6-9(12(15)19-11)13(18)17-10(7-16)8-4-2-1-3-5-8;/h6,8,10H,1-5,7,16H2,(H,17,18);1H. The van der Waals surface area contributed by atoms with Gasteiger partial charge in [-0.1, -0.05) is 42.5 Å². The molecule has 1 heterocycles. The summed E-state index contributed by atoms with van der Waals surface area (Å²) in [6.45, 7) is 0.464. The van der Waals surface area contributed by atoms with Gasteiger partial charge in [0.2, 0.25) is 0 Å². The van der Waals surface area contributed by atoms with E-state index in [4.69, 9.17) is 28.9 Å². The first kappa shape index (κ1) is 18.1. The molecule has 0 spiro atoms. The van der Waals surface area contributed by atoms with Crippen LogP contribution in [0.3, 0.4) is 0 Å². The third-order valence-corrected chi connectivity index (χ3v) is 5.18. The number of nitrogens with two attached hydrogens (primary N) is 1. The van der Waals surface area contributed by atoms with Crippen molar-refractivity contribution in [1.82, 2.24) is 5.32 Å². The van der Waals surface area contributed by atoms with Gasteiger partial charge in [-0.3, -0.25) is 4.79 Å². The van der Waals surface area contributed by atoms with E-state index in [2.05, 4.69) is 5.32 Å². The highest BCUT2D eigenvalue weighted by Crippen LogP contribution is 2.31. The highest BCUT2D eigenvalue weighted by Gasteiger charge is 2.25. The molecule has 1 amide bonds. The van der Waals surface area contributed by atoms with Gasteiger partial charge in [0.15, 0.2) is 0 Å². The minimum Gasteiger partial charge on any atom is -0.348 e. The molecule has 2 rings (SSSR count). The van der Waals surface area contributed by atoms with E-state index >= 15 is 0 Å². The monoisotopic (exact) mass is 356 g/mol. The molecule has 20 heavy (non-hydrogen) atoms. The number of hydrogen-bond donors (Lipinski definition) is 2.